The Morgan fingerprint density at radius 2 is 1.82 bits per heavy atom. The zero-order valence-corrected chi connectivity index (χ0v) is 8.69. The maximum absolute atomic E-state index is 5.87. The van der Waals surface area contributed by atoms with E-state index in [0.29, 0.717) is 10.0 Å². The van der Waals surface area contributed by atoms with Crippen molar-refractivity contribution >= 4 is 35.8 Å². The molecule has 1 rings (SSSR count). The lowest BCUT2D eigenvalue weighted by Crippen LogP contribution is -1.84. The molecular weight excluding hydrogens is 199 g/mol. The Morgan fingerprint density at radius 3 is 2.36 bits per heavy atom. The van der Waals surface area contributed by atoms with E-state index in [1.807, 2.05) is 19.9 Å². The lowest BCUT2D eigenvalue weighted by molar-refractivity contribution is 1.23. The van der Waals surface area contributed by atoms with Crippen molar-refractivity contribution < 1.29 is 0 Å². The Labute approximate surface area is 81.9 Å². The molecule has 0 radical (unpaired) electrons. The van der Waals surface area contributed by atoms with Crippen LogP contribution in [0.15, 0.2) is 11.0 Å². The van der Waals surface area contributed by atoms with Gasteiger partial charge >= 0.3 is 0 Å². The highest BCUT2D eigenvalue weighted by molar-refractivity contribution is 7.80. The summed E-state index contributed by atoms with van der Waals surface area (Å²) in [5.41, 5.74) is 2.00. The normalized spacial score (nSPS) is 10.3. The molecule has 0 N–H and O–H groups in total. The fraction of sp³-hybridized carbons (Fsp3) is 0.250. The zero-order chi connectivity index (χ0) is 8.59. The number of halogens is 2. The van der Waals surface area contributed by atoms with Crippen molar-refractivity contribution in [3.63, 3.8) is 0 Å². The first-order valence-electron chi connectivity index (χ1n) is 3.18. The van der Waals surface area contributed by atoms with Crippen molar-refractivity contribution in [2.24, 2.45) is 0 Å². The molecule has 0 amide bonds. The van der Waals surface area contributed by atoms with E-state index in [1.165, 1.54) is 0 Å². The lowest BCUT2D eigenvalue weighted by Gasteiger charge is -2.06. The molecule has 0 bridgehead atoms. The maximum Gasteiger partial charge on any atom is 0.0632 e. The second-order valence-electron chi connectivity index (χ2n) is 2.46. The van der Waals surface area contributed by atoms with Crippen molar-refractivity contribution in [1.29, 1.82) is 0 Å². The predicted molar refractivity (Wildman–Crippen MR) is 53.2 cm³/mol. The molecule has 0 fully saturated rings. The summed E-state index contributed by atoms with van der Waals surface area (Å²) in [7, 11) is 0. The Bertz CT molecular complexity index is 268. The van der Waals surface area contributed by atoms with Crippen molar-refractivity contribution in [2.45, 2.75) is 18.7 Å². The number of hydrogen-bond acceptors (Lipinski definition) is 1. The van der Waals surface area contributed by atoms with E-state index in [0.717, 1.165) is 16.0 Å². The zero-order valence-electron chi connectivity index (χ0n) is 6.28. The van der Waals surface area contributed by atoms with E-state index in [-0.39, 0.29) is 0 Å². The average molecular weight is 207 g/mol. The van der Waals surface area contributed by atoms with Crippen molar-refractivity contribution in [3.8, 4) is 0 Å². The molecule has 1 aromatic rings. The Hall–Kier alpha value is 0.150. The molecule has 0 saturated carbocycles. The van der Waals surface area contributed by atoms with Gasteiger partial charge in [0.2, 0.25) is 0 Å². The molecule has 11 heavy (non-hydrogen) atoms. The number of benzene rings is 1. The van der Waals surface area contributed by atoms with E-state index in [1.54, 1.807) is 0 Å². The minimum atomic E-state index is 0.597. The quantitative estimate of drug-likeness (QED) is 0.613. The number of thiol groups is 1. The van der Waals surface area contributed by atoms with Gasteiger partial charge in [-0.2, -0.15) is 0 Å². The summed E-state index contributed by atoms with van der Waals surface area (Å²) in [5, 5.41) is 1.20. The van der Waals surface area contributed by atoms with E-state index in [9.17, 15) is 0 Å². The van der Waals surface area contributed by atoms with Gasteiger partial charge in [0.1, 0.15) is 0 Å². The third-order valence-corrected chi connectivity index (χ3v) is 3.18. The standard InChI is InChI=1S/C8H8Cl2S/c1-4-3-6(9)7(10)5(2)8(4)11/h3,11H,1-2H3. The molecule has 0 aliphatic heterocycles. The average Bonchev–Trinajstić information content (AvgIpc) is 1.97. The van der Waals surface area contributed by atoms with Crippen LogP contribution in [0.25, 0.3) is 0 Å². The van der Waals surface area contributed by atoms with Crippen LogP contribution in [0.1, 0.15) is 11.1 Å². The fourth-order valence-corrected chi connectivity index (χ4v) is 1.60. The van der Waals surface area contributed by atoms with Crippen LogP contribution in [0.4, 0.5) is 0 Å². The monoisotopic (exact) mass is 206 g/mol. The second kappa shape index (κ2) is 3.26. The molecule has 0 nitrogen and oxygen atoms in total. The summed E-state index contributed by atoms with van der Waals surface area (Å²) in [4.78, 5) is 0.916. The number of rotatable bonds is 0. The predicted octanol–water partition coefficient (Wildman–Crippen LogP) is 3.90. The third-order valence-electron chi connectivity index (χ3n) is 1.61. The highest BCUT2D eigenvalue weighted by Gasteiger charge is 2.06. The first-order chi connectivity index (χ1) is 5.04. The minimum Gasteiger partial charge on any atom is -0.143 e. The summed E-state index contributed by atoms with van der Waals surface area (Å²) in [6.45, 7) is 3.86. The topological polar surface area (TPSA) is 0 Å². The summed E-state index contributed by atoms with van der Waals surface area (Å²) in [6.07, 6.45) is 0. The van der Waals surface area contributed by atoms with E-state index >= 15 is 0 Å². The Kier molecular flexibility index (Phi) is 2.74. The highest BCUT2D eigenvalue weighted by Crippen LogP contribution is 2.32. The van der Waals surface area contributed by atoms with Crippen LogP contribution in [0, 0.1) is 13.8 Å². The maximum atomic E-state index is 5.87. The van der Waals surface area contributed by atoms with E-state index in [4.69, 9.17) is 23.2 Å². The summed E-state index contributed by atoms with van der Waals surface area (Å²) in [5.74, 6) is 0. The van der Waals surface area contributed by atoms with E-state index in [2.05, 4.69) is 12.6 Å². The van der Waals surface area contributed by atoms with Crippen LogP contribution in [0.3, 0.4) is 0 Å². The van der Waals surface area contributed by atoms with Gasteiger partial charge in [0.25, 0.3) is 0 Å². The SMILES string of the molecule is Cc1cc(Cl)c(Cl)c(C)c1S. The van der Waals surface area contributed by atoms with Gasteiger partial charge in [-0.3, -0.25) is 0 Å². The fourth-order valence-electron chi connectivity index (χ4n) is 0.901. The molecule has 0 spiro atoms. The molecular formula is C8H8Cl2S. The first kappa shape index (κ1) is 9.24. The van der Waals surface area contributed by atoms with E-state index < -0.39 is 0 Å². The molecule has 0 unspecified atom stereocenters. The van der Waals surface area contributed by atoms with Crippen LogP contribution >= 0.6 is 35.8 Å². The summed E-state index contributed by atoms with van der Waals surface area (Å²) in [6, 6.07) is 1.82. The van der Waals surface area contributed by atoms with Gasteiger partial charge in [-0.15, -0.1) is 12.6 Å². The Morgan fingerprint density at radius 1 is 1.27 bits per heavy atom. The van der Waals surface area contributed by atoms with Gasteiger partial charge in [-0.1, -0.05) is 23.2 Å². The largest absolute Gasteiger partial charge is 0.143 e. The smallest absolute Gasteiger partial charge is 0.0632 e. The number of hydrogen-bond donors (Lipinski definition) is 1. The minimum absolute atomic E-state index is 0.597. The first-order valence-corrected chi connectivity index (χ1v) is 4.38. The van der Waals surface area contributed by atoms with Crippen LogP contribution in [-0.4, -0.2) is 0 Å². The van der Waals surface area contributed by atoms with Crippen LogP contribution in [0.5, 0.6) is 0 Å². The molecule has 0 atom stereocenters. The lowest BCUT2D eigenvalue weighted by atomic mass is 10.1. The van der Waals surface area contributed by atoms with Crippen molar-refractivity contribution in [3.05, 3.63) is 27.2 Å². The van der Waals surface area contributed by atoms with Gasteiger partial charge < -0.3 is 0 Å². The molecule has 3 heteroatoms. The number of aryl methyl sites for hydroxylation is 1. The summed E-state index contributed by atoms with van der Waals surface area (Å²) >= 11 is 16.0. The molecule has 0 saturated heterocycles. The third kappa shape index (κ3) is 1.66. The molecule has 0 heterocycles. The molecule has 1 aromatic carbocycles. The van der Waals surface area contributed by atoms with Crippen LogP contribution < -0.4 is 0 Å². The van der Waals surface area contributed by atoms with Gasteiger partial charge in [0.05, 0.1) is 10.0 Å². The molecule has 60 valence electrons. The van der Waals surface area contributed by atoms with Crippen molar-refractivity contribution in [1.82, 2.24) is 0 Å². The highest BCUT2D eigenvalue weighted by atomic mass is 35.5. The summed E-state index contributed by atoms with van der Waals surface area (Å²) < 4.78 is 0. The molecule has 0 aromatic heterocycles. The molecule has 0 aliphatic carbocycles. The Balaban J connectivity index is 3.46. The van der Waals surface area contributed by atoms with Gasteiger partial charge in [0.15, 0.2) is 0 Å². The van der Waals surface area contributed by atoms with Gasteiger partial charge in [-0.25, -0.2) is 0 Å². The second-order valence-corrected chi connectivity index (χ2v) is 3.70. The van der Waals surface area contributed by atoms with Crippen molar-refractivity contribution in [2.75, 3.05) is 0 Å². The van der Waals surface area contributed by atoms with Crippen LogP contribution in [-0.2, 0) is 0 Å². The molecule has 0 aliphatic rings. The van der Waals surface area contributed by atoms with Gasteiger partial charge in [0, 0.05) is 4.90 Å². The van der Waals surface area contributed by atoms with Crippen LogP contribution in [0.2, 0.25) is 10.0 Å². The van der Waals surface area contributed by atoms with Gasteiger partial charge in [-0.05, 0) is 31.0 Å².